The number of aromatic nitrogens is 3. The molecular weight excluding hydrogens is 478 g/mol. The van der Waals surface area contributed by atoms with Crippen LogP contribution in [0.1, 0.15) is 39.7 Å². The first-order chi connectivity index (χ1) is 16.0. The number of carbonyl (C=O) groups excluding carboxylic acids is 1. The zero-order valence-electron chi connectivity index (χ0n) is 17.8. The molecule has 0 aliphatic carbocycles. The summed E-state index contributed by atoms with van der Waals surface area (Å²) in [6.07, 6.45) is -4.15. The average Bonchev–Trinajstić information content (AvgIpc) is 3.32. The molecule has 0 radical (unpaired) electrons. The zero-order valence-corrected chi connectivity index (χ0v) is 18.6. The van der Waals surface area contributed by atoms with Crippen LogP contribution in [0.4, 0.5) is 17.6 Å². The van der Waals surface area contributed by atoms with Gasteiger partial charge in [-0.3, -0.25) is 4.79 Å². The van der Waals surface area contributed by atoms with Gasteiger partial charge < -0.3 is 9.64 Å². The van der Waals surface area contributed by atoms with E-state index >= 15 is 0 Å². The van der Waals surface area contributed by atoms with Crippen LogP contribution >= 0.6 is 11.6 Å². The van der Waals surface area contributed by atoms with Gasteiger partial charge in [-0.15, -0.1) is 0 Å². The summed E-state index contributed by atoms with van der Waals surface area (Å²) < 4.78 is 58.9. The predicted molar refractivity (Wildman–Crippen MR) is 112 cm³/mol. The highest BCUT2D eigenvalue weighted by Gasteiger charge is 2.39. The summed E-state index contributed by atoms with van der Waals surface area (Å²) >= 11 is 6.22. The third-order valence-corrected chi connectivity index (χ3v) is 5.70. The van der Waals surface area contributed by atoms with E-state index in [0.29, 0.717) is 22.6 Å². The van der Waals surface area contributed by atoms with E-state index in [1.807, 2.05) is 6.07 Å². The average molecular weight is 494 g/mol. The number of pyridine rings is 1. The maximum atomic E-state index is 13.4. The highest BCUT2D eigenvalue weighted by Crippen LogP contribution is 2.36. The quantitative estimate of drug-likeness (QED) is 0.491. The number of carbonyl (C=O) groups is 1. The molecule has 3 aromatic rings. The summed E-state index contributed by atoms with van der Waals surface area (Å²) in [7, 11) is 0. The molecule has 0 N–H and O–H groups in total. The van der Waals surface area contributed by atoms with Crippen molar-refractivity contribution in [2.24, 2.45) is 0 Å². The molecule has 0 bridgehead atoms. The van der Waals surface area contributed by atoms with Crippen molar-refractivity contribution in [2.75, 3.05) is 0 Å². The Bertz CT molecular complexity index is 1310. The number of alkyl halides is 3. The van der Waals surface area contributed by atoms with Gasteiger partial charge in [0.2, 0.25) is 0 Å². The van der Waals surface area contributed by atoms with Gasteiger partial charge in [0.15, 0.2) is 11.9 Å². The van der Waals surface area contributed by atoms with Crippen LogP contribution in [0.3, 0.4) is 0 Å². The number of benzene rings is 1. The molecule has 0 saturated carbocycles. The molecule has 34 heavy (non-hydrogen) atoms. The minimum atomic E-state index is -4.67. The van der Waals surface area contributed by atoms with Crippen molar-refractivity contribution in [1.82, 2.24) is 19.7 Å². The highest BCUT2D eigenvalue weighted by molar-refractivity contribution is 6.35. The van der Waals surface area contributed by atoms with Gasteiger partial charge in [0.05, 0.1) is 29.0 Å². The minimum Gasteiger partial charge on any atom is -0.480 e. The van der Waals surface area contributed by atoms with Crippen LogP contribution in [0.15, 0.2) is 30.6 Å². The fourth-order valence-electron chi connectivity index (χ4n) is 3.54. The van der Waals surface area contributed by atoms with Crippen LogP contribution in [0.25, 0.3) is 5.82 Å². The van der Waals surface area contributed by atoms with Gasteiger partial charge in [-0.05, 0) is 37.6 Å². The Morgan fingerprint density at radius 2 is 2.06 bits per heavy atom. The van der Waals surface area contributed by atoms with E-state index in [2.05, 4.69) is 10.1 Å². The maximum Gasteiger partial charge on any atom is 0.425 e. The van der Waals surface area contributed by atoms with Gasteiger partial charge in [0, 0.05) is 18.3 Å². The van der Waals surface area contributed by atoms with Crippen LogP contribution in [0.5, 0.6) is 5.75 Å². The first kappa shape index (κ1) is 23.5. The summed E-state index contributed by atoms with van der Waals surface area (Å²) in [5.41, 5.74) is 1.38. The lowest BCUT2D eigenvalue weighted by Crippen LogP contribution is -2.33. The van der Waals surface area contributed by atoms with E-state index in [1.165, 1.54) is 21.7 Å². The molecule has 176 valence electrons. The van der Waals surface area contributed by atoms with Crippen molar-refractivity contribution in [3.63, 3.8) is 0 Å². The van der Waals surface area contributed by atoms with Crippen molar-refractivity contribution >= 4 is 17.5 Å². The number of aryl methyl sites for hydroxylation is 1. The van der Waals surface area contributed by atoms with Gasteiger partial charge in [-0.1, -0.05) is 11.6 Å². The van der Waals surface area contributed by atoms with Crippen LogP contribution in [0.2, 0.25) is 5.02 Å². The highest BCUT2D eigenvalue weighted by atomic mass is 35.5. The molecule has 0 saturated heterocycles. The monoisotopic (exact) mass is 493 g/mol. The first-order valence-electron chi connectivity index (χ1n) is 9.94. The van der Waals surface area contributed by atoms with Crippen LogP contribution in [0, 0.1) is 24.1 Å². The topological polar surface area (TPSA) is 84.0 Å². The Labute approximate surface area is 196 Å². The van der Waals surface area contributed by atoms with E-state index in [0.717, 1.165) is 19.2 Å². The number of hydrogen-bond donors (Lipinski definition) is 0. The van der Waals surface area contributed by atoms with Gasteiger partial charge >= 0.3 is 6.18 Å². The Balaban J connectivity index is 1.62. The Morgan fingerprint density at radius 1 is 1.32 bits per heavy atom. The molecule has 1 aliphatic rings. The largest absolute Gasteiger partial charge is 0.480 e. The SMILES string of the molecule is Cc1cc(F)cnc1-n1cc2c(n1)CN(C(=O)c1c(OC(C)C(F)(F)F)ccc(C#N)c1Cl)C2. The number of halogens is 5. The molecular formula is C22H16ClF4N5O2. The van der Waals surface area contributed by atoms with E-state index in [-0.39, 0.29) is 35.0 Å². The van der Waals surface area contributed by atoms with E-state index in [9.17, 15) is 27.6 Å². The van der Waals surface area contributed by atoms with Gasteiger partial charge in [0.25, 0.3) is 5.91 Å². The molecule has 0 fully saturated rings. The molecule has 1 atom stereocenters. The van der Waals surface area contributed by atoms with Crippen molar-refractivity contribution in [3.8, 4) is 17.6 Å². The Hall–Kier alpha value is -3.65. The second kappa shape index (κ2) is 8.61. The molecule has 3 heterocycles. The summed E-state index contributed by atoms with van der Waals surface area (Å²) in [5, 5.41) is 13.4. The Kier molecular flexibility index (Phi) is 5.95. The van der Waals surface area contributed by atoms with E-state index in [4.69, 9.17) is 16.3 Å². The summed E-state index contributed by atoms with van der Waals surface area (Å²) in [4.78, 5) is 18.7. The molecule has 1 amide bonds. The normalized spacial score (nSPS) is 14.0. The maximum absolute atomic E-state index is 13.4. The number of nitrogens with zero attached hydrogens (tertiary/aromatic N) is 5. The van der Waals surface area contributed by atoms with E-state index < -0.39 is 24.0 Å². The third-order valence-electron chi connectivity index (χ3n) is 5.30. The molecule has 0 spiro atoms. The number of rotatable bonds is 4. The van der Waals surface area contributed by atoms with Crippen LogP contribution in [-0.4, -0.2) is 37.9 Å². The molecule has 2 aromatic heterocycles. The molecule has 1 aliphatic heterocycles. The molecule has 1 aromatic carbocycles. The standard InChI is InChI=1S/C22H16ClF4N5O2/c1-11-5-15(24)7-29-20(11)32-9-14-8-31(10-16(14)30-32)21(33)18-17(34-12(2)22(25,26)27)4-3-13(6-28)19(18)23/h3-5,7,9,12H,8,10H2,1-2H3. The molecule has 1 unspecified atom stereocenters. The van der Waals surface area contributed by atoms with Crippen molar-refractivity contribution in [3.05, 3.63) is 69.4 Å². The molecule has 4 rings (SSSR count). The second-order valence-corrected chi connectivity index (χ2v) is 8.09. The number of amides is 1. The zero-order chi connectivity index (χ0) is 24.8. The minimum absolute atomic E-state index is 0.0444. The fourth-order valence-corrected chi connectivity index (χ4v) is 3.81. The van der Waals surface area contributed by atoms with Gasteiger partial charge in [-0.2, -0.15) is 23.5 Å². The van der Waals surface area contributed by atoms with Crippen LogP contribution in [-0.2, 0) is 13.1 Å². The first-order valence-corrected chi connectivity index (χ1v) is 10.3. The number of nitriles is 1. The van der Waals surface area contributed by atoms with Crippen molar-refractivity contribution in [1.29, 1.82) is 5.26 Å². The summed E-state index contributed by atoms with van der Waals surface area (Å²) in [6, 6.07) is 5.44. The summed E-state index contributed by atoms with van der Waals surface area (Å²) in [6.45, 7) is 2.63. The Morgan fingerprint density at radius 3 is 2.68 bits per heavy atom. The second-order valence-electron chi connectivity index (χ2n) is 7.71. The predicted octanol–water partition coefficient (Wildman–Crippen LogP) is 4.73. The lowest BCUT2D eigenvalue weighted by molar-refractivity contribution is -0.189. The van der Waals surface area contributed by atoms with Crippen molar-refractivity contribution < 1.29 is 27.1 Å². The smallest absolute Gasteiger partial charge is 0.425 e. The van der Waals surface area contributed by atoms with Crippen LogP contribution < -0.4 is 4.74 Å². The number of fused-ring (bicyclic) bond motifs is 1. The lowest BCUT2D eigenvalue weighted by Gasteiger charge is -2.23. The lowest BCUT2D eigenvalue weighted by atomic mass is 10.1. The summed E-state index contributed by atoms with van der Waals surface area (Å²) in [5.74, 6) is -1.13. The third kappa shape index (κ3) is 4.28. The van der Waals surface area contributed by atoms with Gasteiger partial charge in [-0.25, -0.2) is 14.1 Å². The van der Waals surface area contributed by atoms with E-state index in [1.54, 1.807) is 13.1 Å². The van der Waals surface area contributed by atoms with Crippen molar-refractivity contribution in [2.45, 2.75) is 39.2 Å². The molecule has 12 heteroatoms. The molecule has 7 nitrogen and oxygen atoms in total. The number of hydrogen-bond acceptors (Lipinski definition) is 5. The fraction of sp³-hybridized carbons (Fsp3) is 0.273. The number of ether oxygens (including phenoxy) is 1. The van der Waals surface area contributed by atoms with Gasteiger partial charge in [0.1, 0.15) is 23.2 Å².